The third kappa shape index (κ3) is 3.72. The lowest BCUT2D eigenvalue weighted by atomic mass is 10.0. The monoisotopic (exact) mass is 374 g/mol. The molecule has 1 aromatic heterocycles. The molecule has 1 saturated heterocycles. The first-order chi connectivity index (χ1) is 13.5. The molecule has 0 radical (unpaired) electrons. The van der Waals surface area contributed by atoms with Crippen molar-refractivity contribution in [3.8, 4) is 0 Å². The van der Waals surface area contributed by atoms with E-state index in [1.165, 1.54) is 17.3 Å². The van der Waals surface area contributed by atoms with Gasteiger partial charge in [-0.05, 0) is 56.0 Å². The van der Waals surface area contributed by atoms with Crippen LogP contribution in [0.15, 0.2) is 54.9 Å². The highest BCUT2D eigenvalue weighted by atomic mass is 15.4. The fourth-order valence-electron chi connectivity index (χ4n) is 3.86. The summed E-state index contributed by atoms with van der Waals surface area (Å²) in [5.74, 6) is 1.91. The van der Waals surface area contributed by atoms with Crippen LogP contribution < -0.4 is 4.90 Å². The Balaban J connectivity index is 1.82. The minimum Gasteiger partial charge on any atom is -0.350 e. The quantitative estimate of drug-likeness (QED) is 0.692. The number of aryl methyl sites for hydroxylation is 2. The van der Waals surface area contributed by atoms with Gasteiger partial charge in [0.05, 0.1) is 6.04 Å². The topological polar surface area (TPSA) is 43.2 Å². The van der Waals surface area contributed by atoms with Crippen LogP contribution in [0.1, 0.15) is 49.2 Å². The number of allylic oxidation sites excluding steroid dienone is 2. The van der Waals surface area contributed by atoms with Crippen LogP contribution in [0, 0.1) is 12.3 Å². The zero-order valence-electron chi connectivity index (χ0n) is 17.4. The van der Waals surface area contributed by atoms with Crippen LogP contribution in [-0.2, 0) is 6.42 Å². The first-order valence-corrected chi connectivity index (χ1v) is 9.96. The fraction of sp³-hybridized carbons (Fsp3) is 0.333. The van der Waals surface area contributed by atoms with Gasteiger partial charge in [0.2, 0.25) is 0 Å². The van der Waals surface area contributed by atoms with E-state index in [9.17, 15) is 0 Å². The Kier molecular flexibility index (Phi) is 5.98. The van der Waals surface area contributed by atoms with Crippen LogP contribution in [0.4, 0.5) is 5.82 Å². The molecular formula is C24H30N4. The Morgan fingerprint density at radius 1 is 1.29 bits per heavy atom. The zero-order valence-corrected chi connectivity index (χ0v) is 17.4. The van der Waals surface area contributed by atoms with Crippen molar-refractivity contribution in [3.05, 3.63) is 77.3 Å². The van der Waals surface area contributed by atoms with Gasteiger partial charge in [-0.3, -0.25) is 0 Å². The summed E-state index contributed by atoms with van der Waals surface area (Å²) in [4.78, 5) is 9.36. The maximum atomic E-state index is 7.58. The third-order valence-corrected chi connectivity index (χ3v) is 5.64. The SMILES string of the molecule is C=C1N(c2ccc(/C(C=N)=C/C)c(C)n2)CCN1C(C)c1cccc(CC)c1. The molecular weight excluding hydrogens is 344 g/mol. The normalized spacial score (nSPS) is 15.9. The molecule has 3 rings (SSSR count). The molecule has 4 heteroatoms. The molecule has 2 heterocycles. The van der Waals surface area contributed by atoms with Crippen LogP contribution in [0.25, 0.3) is 5.57 Å². The fourth-order valence-corrected chi connectivity index (χ4v) is 3.86. The summed E-state index contributed by atoms with van der Waals surface area (Å²) < 4.78 is 0. The van der Waals surface area contributed by atoms with Crippen LogP contribution in [0.3, 0.4) is 0 Å². The lowest BCUT2D eigenvalue weighted by Gasteiger charge is -2.29. The first kappa shape index (κ1) is 19.9. The predicted octanol–water partition coefficient (Wildman–Crippen LogP) is 5.36. The summed E-state index contributed by atoms with van der Waals surface area (Å²) in [6, 6.07) is 13.2. The molecule has 146 valence electrons. The second kappa shape index (κ2) is 8.42. The summed E-state index contributed by atoms with van der Waals surface area (Å²) in [6.45, 7) is 14.6. The number of hydrogen-bond acceptors (Lipinski definition) is 4. The van der Waals surface area contributed by atoms with Gasteiger partial charge in [0.25, 0.3) is 0 Å². The molecule has 0 bridgehead atoms. The Hall–Kier alpha value is -2.88. The van der Waals surface area contributed by atoms with Gasteiger partial charge in [-0.1, -0.05) is 43.8 Å². The number of anilines is 1. The summed E-state index contributed by atoms with van der Waals surface area (Å²) in [5, 5.41) is 7.58. The molecule has 0 spiro atoms. The van der Waals surface area contributed by atoms with Crippen molar-refractivity contribution < 1.29 is 0 Å². The minimum atomic E-state index is 0.275. The highest BCUT2D eigenvalue weighted by molar-refractivity contribution is 6.08. The smallest absolute Gasteiger partial charge is 0.134 e. The molecule has 4 nitrogen and oxygen atoms in total. The number of nitrogens with one attached hydrogen (secondary N) is 1. The van der Waals surface area contributed by atoms with Crippen LogP contribution in [-0.4, -0.2) is 29.2 Å². The summed E-state index contributed by atoms with van der Waals surface area (Å²) in [5.41, 5.74) is 5.52. The molecule has 1 N–H and O–H groups in total. The van der Waals surface area contributed by atoms with Crippen molar-refractivity contribution in [2.24, 2.45) is 0 Å². The largest absolute Gasteiger partial charge is 0.350 e. The van der Waals surface area contributed by atoms with E-state index in [2.05, 4.69) is 60.6 Å². The molecule has 0 saturated carbocycles. The van der Waals surface area contributed by atoms with E-state index in [1.54, 1.807) is 0 Å². The first-order valence-electron chi connectivity index (χ1n) is 9.96. The van der Waals surface area contributed by atoms with Gasteiger partial charge in [-0.25, -0.2) is 4.98 Å². The predicted molar refractivity (Wildman–Crippen MR) is 119 cm³/mol. The van der Waals surface area contributed by atoms with E-state index in [-0.39, 0.29) is 6.04 Å². The summed E-state index contributed by atoms with van der Waals surface area (Å²) in [6.07, 6.45) is 4.37. The molecule has 2 aromatic rings. The highest BCUT2D eigenvalue weighted by Gasteiger charge is 2.29. The van der Waals surface area contributed by atoms with E-state index in [0.29, 0.717) is 0 Å². The Morgan fingerprint density at radius 2 is 2.07 bits per heavy atom. The Labute approximate surface area is 168 Å². The van der Waals surface area contributed by atoms with Crippen LogP contribution >= 0.6 is 0 Å². The molecule has 1 aliphatic heterocycles. The molecule has 1 aliphatic rings. The van der Waals surface area contributed by atoms with E-state index in [0.717, 1.165) is 48.0 Å². The van der Waals surface area contributed by atoms with Gasteiger partial charge in [-0.2, -0.15) is 0 Å². The van der Waals surface area contributed by atoms with Gasteiger partial charge in [0.1, 0.15) is 11.6 Å². The number of aromatic nitrogens is 1. The molecule has 1 aromatic carbocycles. The van der Waals surface area contributed by atoms with Crippen molar-refractivity contribution >= 4 is 17.6 Å². The van der Waals surface area contributed by atoms with Crippen molar-refractivity contribution in [2.75, 3.05) is 18.0 Å². The summed E-state index contributed by atoms with van der Waals surface area (Å²) in [7, 11) is 0. The average Bonchev–Trinajstić information content (AvgIpc) is 3.10. The maximum Gasteiger partial charge on any atom is 0.134 e. The van der Waals surface area contributed by atoms with Gasteiger partial charge >= 0.3 is 0 Å². The Morgan fingerprint density at radius 3 is 2.71 bits per heavy atom. The average molecular weight is 375 g/mol. The second-order valence-electron chi connectivity index (χ2n) is 7.23. The molecule has 0 amide bonds. The van der Waals surface area contributed by atoms with Crippen LogP contribution in [0.5, 0.6) is 0 Å². The third-order valence-electron chi connectivity index (χ3n) is 5.64. The van der Waals surface area contributed by atoms with E-state index in [1.807, 2.05) is 26.0 Å². The van der Waals surface area contributed by atoms with Gasteiger partial charge in [-0.15, -0.1) is 0 Å². The minimum absolute atomic E-state index is 0.275. The number of benzene rings is 1. The lowest BCUT2D eigenvalue weighted by Crippen LogP contribution is -2.25. The number of pyridine rings is 1. The van der Waals surface area contributed by atoms with E-state index < -0.39 is 0 Å². The van der Waals surface area contributed by atoms with Crippen molar-refractivity contribution in [1.29, 1.82) is 5.41 Å². The molecule has 1 atom stereocenters. The van der Waals surface area contributed by atoms with Gasteiger partial charge in [0, 0.05) is 30.6 Å². The van der Waals surface area contributed by atoms with Crippen LogP contribution in [0.2, 0.25) is 0 Å². The van der Waals surface area contributed by atoms with Gasteiger partial charge < -0.3 is 15.2 Å². The highest BCUT2D eigenvalue weighted by Crippen LogP contribution is 2.32. The second-order valence-corrected chi connectivity index (χ2v) is 7.23. The lowest BCUT2D eigenvalue weighted by molar-refractivity contribution is 0.314. The summed E-state index contributed by atoms with van der Waals surface area (Å²) >= 11 is 0. The maximum absolute atomic E-state index is 7.58. The zero-order chi connectivity index (χ0) is 20.3. The molecule has 1 unspecified atom stereocenters. The van der Waals surface area contributed by atoms with Gasteiger partial charge in [0.15, 0.2) is 0 Å². The molecule has 0 aliphatic carbocycles. The molecule has 28 heavy (non-hydrogen) atoms. The van der Waals surface area contributed by atoms with Crippen molar-refractivity contribution in [1.82, 2.24) is 9.88 Å². The standard InChI is InChI=1S/C24H30N4/c1-6-20-9-8-10-22(15-20)18(4)27-13-14-28(19(27)5)24-12-11-23(17(3)26-24)21(7-2)16-25/h7-12,15-16,18,25H,5-6,13-14H2,1-4H3/b21-7+,25-16?. The molecule has 1 fully saturated rings. The van der Waals surface area contributed by atoms with Crippen molar-refractivity contribution in [3.63, 3.8) is 0 Å². The van der Waals surface area contributed by atoms with E-state index in [4.69, 9.17) is 10.4 Å². The number of rotatable bonds is 6. The number of nitrogens with zero attached hydrogens (tertiary/aromatic N) is 3. The van der Waals surface area contributed by atoms with Crippen molar-refractivity contribution in [2.45, 2.75) is 40.2 Å². The number of hydrogen-bond donors (Lipinski definition) is 1. The van der Waals surface area contributed by atoms with E-state index >= 15 is 0 Å². The Bertz CT molecular complexity index is 913.